The van der Waals surface area contributed by atoms with Crippen LogP contribution in [0.1, 0.15) is 16.1 Å². The van der Waals surface area contributed by atoms with E-state index in [4.69, 9.17) is 10.5 Å². The number of thiazole rings is 1. The molecule has 0 unspecified atom stereocenters. The minimum absolute atomic E-state index is 0.593. The molecule has 4 rings (SSSR count). The number of hydrogen-bond acceptors (Lipinski definition) is 5. The van der Waals surface area contributed by atoms with E-state index in [2.05, 4.69) is 45.2 Å². The SMILES string of the molecule is NC(=NCCN1CCOCC1)c1ccc(/C=C/c2nc3ccccc3s2)cc1. The Kier molecular flexibility index (Phi) is 6.11. The molecule has 0 saturated carbocycles. The highest BCUT2D eigenvalue weighted by atomic mass is 32.1. The van der Waals surface area contributed by atoms with Crippen molar-refractivity contribution < 1.29 is 4.74 Å². The Morgan fingerprint density at radius 2 is 1.89 bits per heavy atom. The summed E-state index contributed by atoms with van der Waals surface area (Å²) >= 11 is 1.70. The molecule has 1 saturated heterocycles. The first kappa shape index (κ1) is 18.8. The molecule has 0 amide bonds. The molecule has 0 spiro atoms. The number of fused-ring (bicyclic) bond motifs is 1. The van der Waals surface area contributed by atoms with Gasteiger partial charge in [-0.3, -0.25) is 9.89 Å². The largest absolute Gasteiger partial charge is 0.384 e. The number of aliphatic imine (C=N–C) groups is 1. The lowest BCUT2D eigenvalue weighted by molar-refractivity contribution is 0.0394. The van der Waals surface area contributed by atoms with Crippen LogP contribution in [-0.4, -0.2) is 55.1 Å². The lowest BCUT2D eigenvalue weighted by Crippen LogP contribution is -2.38. The number of aromatic nitrogens is 1. The Morgan fingerprint density at radius 1 is 1.11 bits per heavy atom. The van der Waals surface area contributed by atoms with Gasteiger partial charge in [-0.25, -0.2) is 4.98 Å². The summed E-state index contributed by atoms with van der Waals surface area (Å²) in [7, 11) is 0. The van der Waals surface area contributed by atoms with Gasteiger partial charge >= 0.3 is 0 Å². The van der Waals surface area contributed by atoms with E-state index in [1.54, 1.807) is 11.3 Å². The van der Waals surface area contributed by atoms with Crippen LogP contribution in [-0.2, 0) is 4.74 Å². The zero-order valence-corrected chi connectivity index (χ0v) is 16.6. The third-order valence-corrected chi connectivity index (χ3v) is 5.74. The second kappa shape index (κ2) is 9.10. The van der Waals surface area contributed by atoms with Crippen molar-refractivity contribution in [1.29, 1.82) is 0 Å². The second-order valence-electron chi connectivity index (χ2n) is 6.70. The van der Waals surface area contributed by atoms with Crippen LogP contribution in [0.2, 0.25) is 0 Å². The Hall–Kier alpha value is -2.54. The summed E-state index contributed by atoms with van der Waals surface area (Å²) in [4.78, 5) is 11.5. The Bertz CT molecular complexity index is 939. The van der Waals surface area contributed by atoms with Gasteiger partial charge in [0.15, 0.2) is 0 Å². The molecule has 1 aliphatic rings. The van der Waals surface area contributed by atoms with Crippen molar-refractivity contribution in [2.24, 2.45) is 10.7 Å². The van der Waals surface area contributed by atoms with Gasteiger partial charge in [0, 0.05) is 25.2 Å². The number of nitrogens with two attached hydrogens (primary N) is 1. The lowest BCUT2D eigenvalue weighted by Gasteiger charge is -2.25. The highest BCUT2D eigenvalue weighted by Crippen LogP contribution is 2.23. The number of para-hydroxylation sites is 1. The zero-order valence-electron chi connectivity index (χ0n) is 15.8. The first-order valence-corrected chi connectivity index (χ1v) is 10.3. The molecule has 144 valence electrons. The number of rotatable bonds is 6. The van der Waals surface area contributed by atoms with E-state index in [0.717, 1.165) is 54.5 Å². The minimum Gasteiger partial charge on any atom is -0.384 e. The number of morpholine rings is 1. The average Bonchev–Trinajstić information content (AvgIpc) is 3.16. The third kappa shape index (κ3) is 4.84. The van der Waals surface area contributed by atoms with Crippen LogP contribution in [0.5, 0.6) is 0 Å². The maximum atomic E-state index is 6.15. The fourth-order valence-electron chi connectivity index (χ4n) is 3.12. The van der Waals surface area contributed by atoms with Crippen LogP contribution in [0.25, 0.3) is 22.4 Å². The molecule has 3 aromatic rings. The van der Waals surface area contributed by atoms with Gasteiger partial charge in [0.25, 0.3) is 0 Å². The number of hydrogen-bond donors (Lipinski definition) is 1. The van der Waals surface area contributed by atoms with Crippen molar-refractivity contribution in [2.45, 2.75) is 0 Å². The molecule has 0 radical (unpaired) electrons. The number of amidine groups is 1. The third-order valence-electron chi connectivity index (χ3n) is 4.74. The Labute approximate surface area is 169 Å². The molecule has 6 heteroatoms. The van der Waals surface area contributed by atoms with Gasteiger partial charge in [0.2, 0.25) is 0 Å². The van der Waals surface area contributed by atoms with Crippen molar-refractivity contribution >= 4 is 39.5 Å². The standard InChI is InChI=1S/C22H24N4OS/c23-22(24-11-12-26-13-15-27-16-14-26)18-8-5-17(6-9-18)7-10-21-25-19-3-1-2-4-20(19)28-21/h1-10H,11-16H2,(H2,23,24)/b10-7+. The smallest absolute Gasteiger partial charge is 0.125 e. The summed E-state index contributed by atoms with van der Waals surface area (Å²) in [5.74, 6) is 0.593. The molecule has 0 aliphatic carbocycles. The van der Waals surface area contributed by atoms with Gasteiger partial charge < -0.3 is 10.5 Å². The van der Waals surface area contributed by atoms with Crippen LogP contribution in [0.15, 0.2) is 53.5 Å². The predicted octanol–water partition coefficient (Wildman–Crippen LogP) is 3.50. The highest BCUT2D eigenvalue weighted by Gasteiger charge is 2.09. The first-order chi connectivity index (χ1) is 13.8. The highest BCUT2D eigenvalue weighted by molar-refractivity contribution is 7.19. The Balaban J connectivity index is 1.35. The average molecular weight is 393 g/mol. The maximum Gasteiger partial charge on any atom is 0.125 e. The van der Waals surface area contributed by atoms with Gasteiger partial charge in [0.1, 0.15) is 10.8 Å². The minimum atomic E-state index is 0.593. The van der Waals surface area contributed by atoms with E-state index in [9.17, 15) is 0 Å². The molecular formula is C22H24N4OS. The predicted molar refractivity (Wildman–Crippen MR) is 118 cm³/mol. The zero-order chi connectivity index (χ0) is 19.2. The molecule has 5 nitrogen and oxygen atoms in total. The molecule has 28 heavy (non-hydrogen) atoms. The van der Waals surface area contributed by atoms with Crippen LogP contribution >= 0.6 is 11.3 Å². The quantitative estimate of drug-likeness (QED) is 0.515. The van der Waals surface area contributed by atoms with Crippen LogP contribution in [0.4, 0.5) is 0 Å². The molecule has 1 fully saturated rings. The van der Waals surface area contributed by atoms with Gasteiger partial charge in [-0.05, 0) is 23.8 Å². The van der Waals surface area contributed by atoms with E-state index < -0.39 is 0 Å². The van der Waals surface area contributed by atoms with Crippen LogP contribution in [0.3, 0.4) is 0 Å². The summed E-state index contributed by atoms with van der Waals surface area (Å²) in [6, 6.07) is 16.4. The number of benzene rings is 2. The summed E-state index contributed by atoms with van der Waals surface area (Å²) < 4.78 is 6.57. The van der Waals surface area contributed by atoms with Crippen molar-refractivity contribution in [1.82, 2.24) is 9.88 Å². The molecule has 1 aromatic heterocycles. The summed E-state index contributed by atoms with van der Waals surface area (Å²) in [5, 5.41) is 1.01. The van der Waals surface area contributed by atoms with Crippen molar-refractivity contribution in [2.75, 3.05) is 39.4 Å². The molecule has 2 aromatic carbocycles. The van der Waals surface area contributed by atoms with Gasteiger partial charge in [-0.15, -0.1) is 11.3 Å². The van der Waals surface area contributed by atoms with E-state index in [-0.39, 0.29) is 0 Å². The molecule has 1 aliphatic heterocycles. The normalized spacial score (nSPS) is 16.2. The van der Waals surface area contributed by atoms with Crippen molar-refractivity contribution in [3.63, 3.8) is 0 Å². The summed E-state index contributed by atoms with van der Waals surface area (Å²) in [5.41, 5.74) is 9.27. The first-order valence-electron chi connectivity index (χ1n) is 9.52. The summed E-state index contributed by atoms with van der Waals surface area (Å²) in [6.45, 7) is 5.21. The molecule has 2 N–H and O–H groups in total. The molecule has 0 atom stereocenters. The topological polar surface area (TPSA) is 63.7 Å². The van der Waals surface area contributed by atoms with Crippen LogP contribution < -0.4 is 5.73 Å². The fourth-order valence-corrected chi connectivity index (χ4v) is 3.99. The van der Waals surface area contributed by atoms with Gasteiger partial charge in [-0.2, -0.15) is 0 Å². The van der Waals surface area contributed by atoms with E-state index in [1.165, 1.54) is 4.70 Å². The monoisotopic (exact) mass is 392 g/mol. The van der Waals surface area contributed by atoms with Gasteiger partial charge in [-0.1, -0.05) is 42.5 Å². The molecule has 2 heterocycles. The van der Waals surface area contributed by atoms with E-state index in [1.807, 2.05) is 30.3 Å². The van der Waals surface area contributed by atoms with E-state index >= 15 is 0 Å². The van der Waals surface area contributed by atoms with E-state index in [0.29, 0.717) is 12.4 Å². The maximum absolute atomic E-state index is 6.15. The fraction of sp³-hybridized carbons (Fsp3) is 0.273. The number of ether oxygens (including phenoxy) is 1. The number of nitrogens with zero attached hydrogens (tertiary/aromatic N) is 3. The lowest BCUT2D eigenvalue weighted by atomic mass is 10.1. The van der Waals surface area contributed by atoms with Crippen molar-refractivity contribution in [3.8, 4) is 0 Å². The molecular weight excluding hydrogens is 368 g/mol. The summed E-state index contributed by atoms with van der Waals surface area (Å²) in [6.07, 6.45) is 4.13. The molecule has 0 bridgehead atoms. The van der Waals surface area contributed by atoms with Crippen LogP contribution in [0, 0.1) is 0 Å². The van der Waals surface area contributed by atoms with Gasteiger partial charge in [0.05, 0.1) is 30.0 Å². The Morgan fingerprint density at radius 3 is 2.68 bits per heavy atom. The second-order valence-corrected chi connectivity index (χ2v) is 7.76. The van der Waals surface area contributed by atoms with Crippen molar-refractivity contribution in [3.05, 3.63) is 64.7 Å².